The van der Waals surface area contributed by atoms with Crippen molar-refractivity contribution in [1.29, 1.82) is 0 Å². The second-order valence-electron chi connectivity index (χ2n) is 5.31. The molecule has 3 nitrogen and oxygen atoms in total. The van der Waals surface area contributed by atoms with Gasteiger partial charge < -0.3 is 9.84 Å². The van der Waals surface area contributed by atoms with Crippen molar-refractivity contribution in [3.63, 3.8) is 0 Å². The Morgan fingerprint density at radius 3 is 2.52 bits per heavy atom. The Morgan fingerprint density at radius 2 is 1.88 bits per heavy atom. The third-order valence-electron chi connectivity index (χ3n) is 3.18. The van der Waals surface area contributed by atoms with E-state index >= 15 is 0 Å². The predicted molar refractivity (Wildman–Crippen MR) is 103 cm³/mol. The molecule has 0 aromatic heterocycles. The standard InChI is InChI=1S/C20H16Cl2O3/c1-13(2)9-10-25-16-6-3-14(20(24)12-16)5-8-19(23)15-4-7-17(21)18(22)11-15/h3-12,24H,1H2,2H3. The predicted octanol–water partition coefficient (Wildman–Crippen LogP) is 6.06. The van der Waals surface area contributed by atoms with Crippen molar-refractivity contribution < 1.29 is 14.6 Å². The molecule has 2 rings (SSSR count). The third kappa shape index (κ3) is 5.52. The number of carbonyl (C=O) groups excluding carboxylic acids is 1. The largest absolute Gasteiger partial charge is 0.507 e. The van der Waals surface area contributed by atoms with Gasteiger partial charge >= 0.3 is 0 Å². The van der Waals surface area contributed by atoms with E-state index in [1.54, 1.807) is 30.3 Å². The number of aromatic hydroxyl groups is 1. The minimum absolute atomic E-state index is 0.000543. The van der Waals surface area contributed by atoms with Crippen LogP contribution < -0.4 is 4.74 Å². The second kappa shape index (κ2) is 8.56. The Balaban J connectivity index is 2.11. The molecule has 2 aromatic rings. The van der Waals surface area contributed by atoms with Crippen molar-refractivity contribution in [2.45, 2.75) is 6.92 Å². The molecule has 0 aliphatic rings. The van der Waals surface area contributed by atoms with Gasteiger partial charge in [0.15, 0.2) is 5.78 Å². The van der Waals surface area contributed by atoms with E-state index in [-0.39, 0.29) is 11.5 Å². The molecule has 0 bridgehead atoms. The molecule has 0 aliphatic carbocycles. The summed E-state index contributed by atoms with van der Waals surface area (Å²) in [6.45, 7) is 5.56. The Labute approximate surface area is 156 Å². The molecule has 0 aliphatic heterocycles. The second-order valence-corrected chi connectivity index (χ2v) is 6.13. The van der Waals surface area contributed by atoms with Gasteiger partial charge in [0.05, 0.1) is 16.3 Å². The Kier molecular flexibility index (Phi) is 6.45. The average molecular weight is 375 g/mol. The molecule has 0 atom stereocenters. The summed E-state index contributed by atoms with van der Waals surface area (Å²) in [4.78, 5) is 12.2. The van der Waals surface area contributed by atoms with Gasteiger partial charge in [0, 0.05) is 17.2 Å². The van der Waals surface area contributed by atoms with Gasteiger partial charge in [-0.05, 0) is 55.5 Å². The topological polar surface area (TPSA) is 46.5 Å². The van der Waals surface area contributed by atoms with Crippen LogP contribution in [-0.2, 0) is 0 Å². The third-order valence-corrected chi connectivity index (χ3v) is 3.92. The zero-order chi connectivity index (χ0) is 18.4. The molecule has 0 saturated carbocycles. The van der Waals surface area contributed by atoms with E-state index in [1.807, 2.05) is 6.92 Å². The molecular formula is C20H16Cl2O3. The highest BCUT2D eigenvalue weighted by molar-refractivity contribution is 6.42. The molecule has 0 saturated heterocycles. The number of hydrogen-bond donors (Lipinski definition) is 1. The van der Waals surface area contributed by atoms with Gasteiger partial charge in [0.2, 0.25) is 0 Å². The maximum atomic E-state index is 12.2. The summed E-state index contributed by atoms with van der Waals surface area (Å²) in [6.07, 6.45) is 6.07. The molecule has 0 fully saturated rings. The number of halogens is 2. The maximum Gasteiger partial charge on any atom is 0.185 e. The fourth-order valence-electron chi connectivity index (χ4n) is 1.88. The smallest absolute Gasteiger partial charge is 0.185 e. The lowest BCUT2D eigenvalue weighted by atomic mass is 10.1. The maximum absolute atomic E-state index is 12.2. The SMILES string of the molecule is C=C(C)C=COc1ccc(C=CC(=O)c2ccc(Cl)c(Cl)c2)c(O)c1. The quantitative estimate of drug-likeness (QED) is 0.289. The highest BCUT2D eigenvalue weighted by Gasteiger charge is 2.06. The highest BCUT2D eigenvalue weighted by Crippen LogP contribution is 2.26. The normalized spacial score (nSPS) is 11.2. The van der Waals surface area contributed by atoms with Gasteiger partial charge in [-0.1, -0.05) is 35.4 Å². The van der Waals surface area contributed by atoms with Gasteiger partial charge in [0.25, 0.3) is 0 Å². The first-order chi connectivity index (χ1) is 11.9. The minimum Gasteiger partial charge on any atom is -0.507 e. The summed E-state index contributed by atoms with van der Waals surface area (Å²) in [5.41, 5.74) is 1.75. The minimum atomic E-state index is -0.248. The summed E-state index contributed by atoms with van der Waals surface area (Å²) in [5.74, 6) is 0.227. The molecule has 0 unspecified atom stereocenters. The Hall–Kier alpha value is -2.49. The molecule has 0 spiro atoms. The number of ketones is 1. The fraction of sp³-hybridized carbons (Fsp3) is 0.0500. The first-order valence-corrected chi connectivity index (χ1v) is 8.11. The van der Waals surface area contributed by atoms with E-state index in [1.165, 1.54) is 30.5 Å². The average Bonchev–Trinajstić information content (AvgIpc) is 2.56. The van der Waals surface area contributed by atoms with Crippen molar-refractivity contribution >= 4 is 35.1 Å². The number of allylic oxidation sites excluding steroid dienone is 3. The van der Waals surface area contributed by atoms with Gasteiger partial charge in [-0.2, -0.15) is 0 Å². The van der Waals surface area contributed by atoms with Crippen LogP contribution in [0, 0.1) is 0 Å². The van der Waals surface area contributed by atoms with E-state index < -0.39 is 0 Å². The van der Waals surface area contributed by atoms with Crippen LogP contribution in [0.1, 0.15) is 22.8 Å². The van der Waals surface area contributed by atoms with Crippen molar-refractivity contribution in [3.8, 4) is 11.5 Å². The lowest BCUT2D eigenvalue weighted by Gasteiger charge is -2.04. The summed E-state index contributed by atoms with van der Waals surface area (Å²) < 4.78 is 5.35. The van der Waals surface area contributed by atoms with E-state index in [2.05, 4.69) is 6.58 Å². The zero-order valence-electron chi connectivity index (χ0n) is 13.5. The van der Waals surface area contributed by atoms with E-state index in [4.69, 9.17) is 27.9 Å². The number of carbonyl (C=O) groups is 1. The van der Waals surface area contributed by atoms with Crippen LogP contribution in [-0.4, -0.2) is 10.9 Å². The summed E-state index contributed by atoms with van der Waals surface area (Å²) in [7, 11) is 0. The first-order valence-electron chi connectivity index (χ1n) is 7.36. The van der Waals surface area contributed by atoms with Crippen LogP contribution in [0.25, 0.3) is 6.08 Å². The molecule has 0 heterocycles. The summed E-state index contributed by atoms with van der Waals surface area (Å²) >= 11 is 11.7. The molecule has 25 heavy (non-hydrogen) atoms. The van der Waals surface area contributed by atoms with E-state index in [9.17, 15) is 9.90 Å². The lowest BCUT2D eigenvalue weighted by Crippen LogP contribution is -1.94. The first kappa shape index (κ1) is 18.8. The number of benzene rings is 2. The summed E-state index contributed by atoms with van der Waals surface area (Å²) in [6, 6.07) is 9.45. The van der Waals surface area contributed by atoms with Crippen LogP contribution >= 0.6 is 23.2 Å². The Morgan fingerprint density at radius 1 is 1.12 bits per heavy atom. The number of phenols is 1. The van der Waals surface area contributed by atoms with Crippen LogP contribution in [0.5, 0.6) is 11.5 Å². The summed E-state index contributed by atoms with van der Waals surface area (Å²) in [5, 5.41) is 10.7. The highest BCUT2D eigenvalue weighted by atomic mass is 35.5. The van der Waals surface area contributed by atoms with Crippen molar-refractivity contribution in [1.82, 2.24) is 0 Å². The number of hydrogen-bond acceptors (Lipinski definition) is 3. The Bertz CT molecular complexity index is 867. The molecule has 0 radical (unpaired) electrons. The van der Waals surface area contributed by atoms with Crippen LogP contribution in [0.2, 0.25) is 10.0 Å². The molecule has 128 valence electrons. The van der Waals surface area contributed by atoms with Crippen LogP contribution in [0.3, 0.4) is 0 Å². The monoisotopic (exact) mass is 374 g/mol. The van der Waals surface area contributed by atoms with E-state index in [0.717, 1.165) is 5.57 Å². The van der Waals surface area contributed by atoms with Gasteiger partial charge in [0.1, 0.15) is 11.5 Å². The van der Waals surface area contributed by atoms with Crippen molar-refractivity contribution in [2.75, 3.05) is 0 Å². The molecular weight excluding hydrogens is 359 g/mol. The molecule has 1 N–H and O–H groups in total. The van der Waals surface area contributed by atoms with Gasteiger partial charge in [-0.15, -0.1) is 0 Å². The molecule has 0 amide bonds. The zero-order valence-corrected chi connectivity index (χ0v) is 15.0. The van der Waals surface area contributed by atoms with Crippen molar-refractivity contribution in [2.24, 2.45) is 0 Å². The number of phenolic OH excluding ortho intramolecular Hbond substituents is 1. The van der Waals surface area contributed by atoms with Crippen LogP contribution in [0.4, 0.5) is 0 Å². The van der Waals surface area contributed by atoms with E-state index in [0.29, 0.717) is 26.9 Å². The number of rotatable bonds is 6. The lowest BCUT2D eigenvalue weighted by molar-refractivity contribution is 0.104. The van der Waals surface area contributed by atoms with Gasteiger partial charge in [-0.3, -0.25) is 4.79 Å². The molecule has 5 heteroatoms. The van der Waals surface area contributed by atoms with Gasteiger partial charge in [-0.25, -0.2) is 0 Å². The van der Waals surface area contributed by atoms with Crippen molar-refractivity contribution in [3.05, 3.63) is 88.1 Å². The number of ether oxygens (including phenoxy) is 1. The molecule has 2 aromatic carbocycles. The van der Waals surface area contributed by atoms with Crippen LogP contribution in [0.15, 0.2) is 67.0 Å². The fourth-order valence-corrected chi connectivity index (χ4v) is 2.18.